The van der Waals surface area contributed by atoms with Crippen LogP contribution in [0.15, 0.2) is 84.9 Å². The van der Waals surface area contributed by atoms with Gasteiger partial charge in [-0.2, -0.15) is 0 Å². The molecule has 4 rings (SSSR count). The number of esters is 2. The smallest absolute Gasteiger partial charge is 0.339 e. The van der Waals surface area contributed by atoms with Crippen LogP contribution in [0.2, 0.25) is 0 Å². The van der Waals surface area contributed by atoms with Crippen molar-refractivity contribution in [2.45, 2.75) is 83.7 Å². The minimum Gasteiger partial charge on any atom is -0.497 e. The highest BCUT2D eigenvalue weighted by molar-refractivity contribution is 5.94. The van der Waals surface area contributed by atoms with Gasteiger partial charge in [-0.1, -0.05) is 92.6 Å². The average molecular weight is 841 g/mol. The van der Waals surface area contributed by atoms with E-state index >= 15 is 4.79 Å². The molecule has 1 fully saturated rings. The Bertz CT molecular complexity index is 1890. The van der Waals surface area contributed by atoms with Gasteiger partial charge in [0.25, 0.3) is 0 Å². The minimum absolute atomic E-state index is 0.0316. The van der Waals surface area contributed by atoms with E-state index in [4.69, 9.17) is 30.1 Å². The third-order valence-electron chi connectivity index (χ3n) is 10.1. The van der Waals surface area contributed by atoms with E-state index in [1.54, 1.807) is 31.4 Å². The van der Waals surface area contributed by atoms with E-state index in [1.165, 1.54) is 13.8 Å². The normalized spacial score (nSPS) is 14.4. The second kappa shape index (κ2) is 24.5. The Morgan fingerprint density at radius 1 is 0.852 bits per heavy atom. The average Bonchev–Trinajstić information content (AvgIpc) is 3.26. The fourth-order valence-electron chi connectivity index (χ4n) is 6.62. The zero-order valence-corrected chi connectivity index (χ0v) is 35.9. The van der Waals surface area contributed by atoms with Crippen molar-refractivity contribution >= 4 is 29.7 Å². The van der Waals surface area contributed by atoms with E-state index < -0.39 is 54.2 Å². The quantitative estimate of drug-likeness (QED) is 0.0805. The summed E-state index contributed by atoms with van der Waals surface area (Å²) in [5.41, 5.74) is 0.905. The van der Waals surface area contributed by atoms with Crippen LogP contribution in [0.25, 0.3) is 0 Å². The fraction of sp³-hybridized carbons (Fsp3) is 0.468. The molecule has 3 atom stereocenters. The van der Waals surface area contributed by atoms with E-state index in [1.807, 2.05) is 79.4 Å². The number of nitrogens with zero attached hydrogens (tertiary/aromatic N) is 2. The molecular weight excluding hydrogens is 781 g/mol. The van der Waals surface area contributed by atoms with Crippen molar-refractivity contribution in [1.29, 1.82) is 0 Å². The van der Waals surface area contributed by atoms with Crippen LogP contribution >= 0.6 is 0 Å². The number of nitrogens with one attached hydrogen (secondary N) is 2. The number of terminal acetylenes is 1. The number of amides is 3. The molecule has 0 aliphatic carbocycles. The molecule has 2 N–H and O–H groups in total. The highest BCUT2D eigenvalue weighted by Gasteiger charge is 2.39. The molecule has 14 heteroatoms. The lowest BCUT2D eigenvalue weighted by Crippen LogP contribution is -2.59. The Morgan fingerprint density at radius 2 is 1.49 bits per heavy atom. The lowest BCUT2D eigenvalue weighted by molar-refractivity contribution is -0.176. The number of aryl methyl sites for hydroxylation is 1. The first-order chi connectivity index (χ1) is 29.3. The molecule has 1 aliphatic rings. The fourth-order valence-corrected chi connectivity index (χ4v) is 6.62. The van der Waals surface area contributed by atoms with Crippen LogP contribution in [-0.2, 0) is 62.4 Å². The molecule has 0 radical (unpaired) electrons. The second-order valence-electron chi connectivity index (χ2n) is 15.8. The van der Waals surface area contributed by atoms with Crippen LogP contribution in [-0.4, -0.2) is 116 Å². The van der Waals surface area contributed by atoms with Gasteiger partial charge in [0, 0.05) is 19.5 Å². The predicted octanol–water partition coefficient (Wildman–Crippen LogP) is 4.09. The zero-order valence-electron chi connectivity index (χ0n) is 35.9. The largest absolute Gasteiger partial charge is 0.497 e. The summed E-state index contributed by atoms with van der Waals surface area (Å²) in [5.74, 6) is -0.414. The maximum Gasteiger partial charge on any atom is 0.339 e. The van der Waals surface area contributed by atoms with Gasteiger partial charge in [0.05, 0.1) is 26.9 Å². The monoisotopic (exact) mass is 840 g/mol. The van der Waals surface area contributed by atoms with E-state index in [9.17, 15) is 19.2 Å². The molecule has 1 aliphatic heterocycles. The van der Waals surface area contributed by atoms with Gasteiger partial charge in [0.1, 0.15) is 37.1 Å². The van der Waals surface area contributed by atoms with E-state index in [0.717, 1.165) is 16.0 Å². The topological polar surface area (TPSA) is 162 Å². The summed E-state index contributed by atoms with van der Waals surface area (Å²) >= 11 is 0. The maximum atomic E-state index is 15.0. The second-order valence-corrected chi connectivity index (χ2v) is 15.8. The lowest BCUT2D eigenvalue weighted by Gasteiger charge is -2.36. The molecule has 14 nitrogen and oxygen atoms in total. The van der Waals surface area contributed by atoms with Crippen molar-refractivity contribution in [2.24, 2.45) is 5.92 Å². The highest BCUT2D eigenvalue weighted by Crippen LogP contribution is 2.20. The molecule has 1 heterocycles. The molecule has 0 unspecified atom stereocenters. The predicted molar refractivity (Wildman–Crippen MR) is 229 cm³/mol. The summed E-state index contributed by atoms with van der Waals surface area (Å²) in [5, 5.41) is 5.80. The van der Waals surface area contributed by atoms with Gasteiger partial charge in [0.15, 0.2) is 12.3 Å². The van der Waals surface area contributed by atoms with Crippen molar-refractivity contribution in [3.8, 4) is 18.1 Å². The Hall–Kier alpha value is -5.75. The Morgan fingerprint density at radius 3 is 2.10 bits per heavy atom. The van der Waals surface area contributed by atoms with Crippen molar-refractivity contribution < 1.29 is 47.7 Å². The van der Waals surface area contributed by atoms with E-state index in [-0.39, 0.29) is 50.8 Å². The number of hydrogen-bond acceptors (Lipinski definition) is 11. The van der Waals surface area contributed by atoms with Gasteiger partial charge >= 0.3 is 11.9 Å². The van der Waals surface area contributed by atoms with Crippen molar-refractivity contribution in [2.75, 3.05) is 53.3 Å². The Labute approximate surface area is 359 Å². The summed E-state index contributed by atoms with van der Waals surface area (Å²) < 4.78 is 27.7. The number of carbonyl (C=O) groups is 5. The summed E-state index contributed by atoms with van der Waals surface area (Å²) in [7, 11) is 1.56. The van der Waals surface area contributed by atoms with Gasteiger partial charge in [-0.15, -0.1) is 6.42 Å². The summed E-state index contributed by atoms with van der Waals surface area (Å²) in [6.45, 7) is 7.93. The van der Waals surface area contributed by atoms with E-state index in [2.05, 4.69) is 16.6 Å². The number of benzene rings is 3. The minimum atomic E-state index is -1.50. The Kier molecular flexibility index (Phi) is 19.2. The molecule has 0 aromatic heterocycles. The molecular formula is C47H60N4O10. The third-order valence-corrected chi connectivity index (χ3v) is 10.1. The maximum absolute atomic E-state index is 15.0. The summed E-state index contributed by atoms with van der Waals surface area (Å²) in [6.07, 6.45) is 6.16. The zero-order chi connectivity index (χ0) is 44.2. The summed E-state index contributed by atoms with van der Waals surface area (Å²) in [4.78, 5) is 73.8. The van der Waals surface area contributed by atoms with Crippen molar-refractivity contribution in [3.63, 3.8) is 0 Å². The molecule has 3 aromatic carbocycles. The standard InChI is InChI=1S/C47H60N4O10/c1-7-26-61-47(4,5)46(56)60-33-51(44(54)39(23-20-35-14-10-8-11-15-35)48-42(52)31-50-24-27-58-28-25-50)41(29-34(2)3)43(53)49-40(30-36-16-12-9-13-17-36)45(55)59-32-37-18-21-38(57-6)22-19-37/h1,8-19,21-22,34,39-41H,20,23-33H2,2-6H3,(H,48,52)(H,49,53)/t39-,40-,41-/m0/s1. The van der Waals surface area contributed by atoms with Crippen LogP contribution in [0.5, 0.6) is 5.75 Å². The first kappa shape index (κ1) is 47.9. The van der Waals surface area contributed by atoms with Gasteiger partial charge in [-0.3, -0.25) is 24.2 Å². The van der Waals surface area contributed by atoms with Crippen LogP contribution in [0.3, 0.4) is 0 Å². The van der Waals surface area contributed by atoms with Crippen LogP contribution < -0.4 is 15.4 Å². The van der Waals surface area contributed by atoms with Crippen molar-refractivity contribution in [3.05, 3.63) is 102 Å². The number of hydrogen-bond donors (Lipinski definition) is 2. The molecule has 3 amide bonds. The molecule has 328 valence electrons. The number of morpholine rings is 1. The third kappa shape index (κ3) is 16.0. The number of rotatable bonds is 23. The van der Waals surface area contributed by atoms with Crippen LogP contribution in [0, 0.1) is 18.3 Å². The first-order valence-corrected chi connectivity index (χ1v) is 20.6. The van der Waals surface area contributed by atoms with Gasteiger partial charge in [-0.05, 0) is 67.9 Å². The molecule has 61 heavy (non-hydrogen) atoms. The van der Waals surface area contributed by atoms with Crippen LogP contribution in [0.4, 0.5) is 0 Å². The van der Waals surface area contributed by atoms with Gasteiger partial charge in [0.2, 0.25) is 17.7 Å². The molecule has 1 saturated heterocycles. The summed E-state index contributed by atoms with van der Waals surface area (Å²) in [6, 6.07) is 22.1. The van der Waals surface area contributed by atoms with Gasteiger partial charge in [-0.25, -0.2) is 9.59 Å². The van der Waals surface area contributed by atoms with Crippen molar-refractivity contribution in [1.82, 2.24) is 20.4 Å². The van der Waals surface area contributed by atoms with E-state index in [0.29, 0.717) is 44.0 Å². The number of methoxy groups -OCH3 is 1. The Balaban J connectivity index is 1.68. The number of carbonyl (C=O) groups excluding carboxylic acids is 5. The molecule has 3 aromatic rings. The molecule has 0 bridgehead atoms. The van der Waals surface area contributed by atoms with Gasteiger partial charge < -0.3 is 34.3 Å². The lowest BCUT2D eigenvalue weighted by atomic mass is 9.98. The van der Waals surface area contributed by atoms with Crippen LogP contribution in [0.1, 0.15) is 57.2 Å². The number of ether oxygens (including phenoxy) is 5. The SMILES string of the molecule is C#CCOC(C)(C)C(=O)OCN(C(=O)[C@H](CCc1ccccc1)NC(=O)CN1CCOCC1)[C@@H](CC(C)C)C(=O)N[C@@H](Cc1ccccc1)C(=O)OCc1ccc(OC)cc1. The molecule has 0 spiro atoms. The first-order valence-electron chi connectivity index (χ1n) is 20.6. The highest BCUT2D eigenvalue weighted by atomic mass is 16.6. The molecule has 0 saturated carbocycles.